The lowest BCUT2D eigenvalue weighted by atomic mass is 10.1. The predicted octanol–water partition coefficient (Wildman–Crippen LogP) is 1.73. The average molecular weight is 253 g/mol. The first-order chi connectivity index (χ1) is 9.24. The van der Waals surface area contributed by atoms with Gasteiger partial charge in [0.25, 0.3) is 0 Å². The third kappa shape index (κ3) is 2.18. The van der Waals surface area contributed by atoms with Gasteiger partial charge in [-0.3, -0.25) is 10.1 Å². The molecule has 0 radical (unpaired) electrons. The van der Waals surface area contributed by atoms with Gasteiger partial charge in [-0.2, -0.15) is 5.10 Å². The van der Waals surface area contributed by atoms with Crippen molar-refractivity contribution in [1.29, 1.82) is 0 Å². The Balaban J connectivity index is 1.93. The van der Waals surface area contributed by atoms with Crippen molar-refractivity contribution in [3.63, 3.8) is 0 Å². The fraction of sp³-hybridized carbons (Fsp3) is 0.0714. The Morgan fingerprint density at radius 3 is 2.68 bits per heavy atom. The molecule has 3 rings (SSSR count). The summed E-state index contributed by atoms with van der Waals surface area (Å²) >= 11 is 0. The molecular weight excluding hydrogens is 242 g/mol. The quantitative estimate of drug-likeness (QED) is 0.654. The molecule has 0 aliphatic carbocycles. The molecule has 2 aromatic carbocycles. The van der Waals surface area contributed by atoms with E-state index in [4.69, 9.17) is 0 Å². The van der Waals surface area contributed by atoms with Gasteiger partial charge < -0.3 is 0 Å². The molecule has 1 aliphatic heterocycles. The van der Waals surface area contributed by atoms with Gasteiger partial charge in [-0.05, 0) is 10.8 Å². The minimum atomic E-state index is -0.485. The second kappa shape index (κ2) is 4.53. The van der Waals surface area contributed by atoms with E-state index >= 15 is 0 Å². The van der Waals surface area contributed by atoms with Gasteiger partial charge in [0, 0.05) is 5.56 Å². The minimum absolute atomic E-state index is 0.0277. The van der Waals surface area contributed by atoms with Gasteiger partial charge in [-0.25, -0.2) is 9.80 Å². The highest BCUT2D eigenvalue weighted by atomic mass is 16.2. The summed E-state index contributed by atoms with van der Waals surface area (Å²) in [7, 11) is 0. The first-order valence-electron chi connectivity index (χ1n) is 5.87. The Bertz CT molecular complexity index is 689. The highest BCUT2D eigenvalue weighted by molar-refractivity contribution is 6.03. The summed E-state index contributed by atoms with van der Waals surface area (Å²) in [6.07, 6.45) is 1.60. The number of urea groups is 1. The average Bonchev–Trinajstić information content (AvgIpc) is 2.74. The van der Waals surface area contributed by atoms with Crippen LogP contribution in [0.5, 0.6) is 0 Å². The molecule has 5 nitrogen and oxygen atoms in total. The minimum Gasteiger partial charge on any atom is -0.275 e. The normalized spacial score (nSPS) is 15.5. The zero-order chi connectivity index (χ0) is 13.2. The van der Waals surface area contributed by atoms with Crippen molar-refractivity contribution in [2.45, 2.75) is 0 Å². The van der Waals surface area contributed by atoms with E-state index in [1.165, 1.54) is 0 Å². The van der Waals surface area contributed by atoms with Gasteiger partial charge >= 0.3 is 6.03 Å². The van der Waals surface area contributed by atoms with Crippen LogP contribution in [-0.2, 0) is 4.79 Å². The lowest BCUT2D eigenvalue weighted by Crippen LogP contribution is -2.24. The largest absolute Gasteiger partial charge is 0.344 e. The van der Waals surface area contributed by atoms with Crippen LogP contribution in [0.15, 0.2) is 47.6 Å². The zero-order valence-corrected chi connectivity index (χ0v) is 10.0. The Hall–Kier alpha value is -2.69. The molecule has 19 heavy (non-hydrogen) atoms. The van der Waals surface area contributed by atoms with Crippen molar-refractivity contribution in [2.75, 3.05) is 6.54 Å². The van der Waals surface area contributed by atoms with E-state index in [1.807, 2.05) is 42.5 Å². The summed E-state index contributed by atoms with van der Waals surface area (Å²) in [5, 5.41) is 9.50. The second-order valence-corrected chi connectivity index (χ2v) is 4.22. The second-order valence-electron chi connectivity index (χ2n) is 4.22. The summed E-state index contributed by atoms with van der Waals surface area (Å²) in [5.74, 6) is -0.333. The van der Waals surface area contributed by atoms with Crippen molar-refractivity contribution in [3.05, 3.63) is 48.0 Å². The van der Waals surface area contributed by atoms with Crippen molar-refractivity contribution >= 4 is 28.9 Å². The third-order valence-corrected chi connectivity index (χ3v) is 2.93. The summed E-state index contributed by atoms with van der Waals surface area (Å²) in [6, 6.07) is 13.3. The van der Waals surface area contributed by atoms with Crippen LogP contribution in [0.3, 0.4) is 0 Å². The van der Waals surface area contributed by atoms with Crippen molar-refractivity contribution in [2.24, 2.45) is 5.10 Å². The topological polar surface area (TPSA) is 61.8 Å². The van der Waals surface area contributed by atoms with E-state index < -0.39 is 6.03 Å². The van der Waals surface area contributed by atoms with Crippen LogP contribution in [0.4, 0.5) is 4.79 Å². The van der Waals surface area contributed by atoms with Crippen LogP contribution >= 0.6 is 0 Å². The summed E-state index contributed by atoms with van der Waals surface area (Å²) < 4.78 is 0. The van der Waals surface area contributed by atoms with E-state index in [2.05, 4.69) is 10.4 Å². The molecule has 3 amide bonds. The maximum absolute atomic E-state index is 11.3. The van der Waals surface area contributed by atoms with Gasteiger partial charge in [0.15, 0.2) is 0 Å². The van der Waals surface area contributed by atoms with Crippen molar-refractivity contribution in [3.8, 4) is 0 Å². The Kier molecular flexibility index (Phi) is 2.72. The molecule has 1 fully saturated rings. The number of imide groups is 1. The molecule has 1 heterocycles. The number of carbonyl (C=O) groups excluding carboxylic acids is 2. The number of hydrogen-bond acceptors (Lipinski definition) is 3. The summed E-state index contributed by atoms with van der Waals surface area (Å²) in [6.45, 7) is -0.0277. The predicted molar refractivity (Wildman–Crippen MR) is 71.8 cm³/mol. The Labute approximate surface area is 109 Å². The van der Waals surface area contributed by atoms with E-state index in [9.17, 15) is 9.59 Å². The number of rotatable bonds is 2. The van der Waals surface area contributed by atoms with Crippen LogP contribution in [0.2, 0.25) is 0 Å². The molecule has 1 N–H and O–H groups in total. The fourth-order valence-electron chi connectivity index (χ4n) is 2.02. The van der Waals surface area contributed by atoms with E-state index in [0.29, 0.717) is 0 Å². The smallest absolute Gasteiger partial charge is 0.275 e. The SMILES string of the molecule is O=C1CN(/N=C\c2cccc3ccccc23)C(=O)N1. The van der Waals surface area contributed by atoms with Crippen LogP contribution in [-0.4, -0.2) is 29.7 Å². The maximum Gasteiger partial charge on any atom is 0.344 e. The standard InChI is InChI=1S/C14H11N3O2/c18-13-9-17(14(19)16-13)15-8-11-6-3-5-10-4-1-2-7-12(10)11/h1-8H,9H2,(H,16,18,19)/b15-8-. The fourth-order valence-corrected chi connectivity index (χ4v) is 2.02. The summed E-state index contributed by atoms with van der Waals surface area (Å²) in [5.41, 5.74) is 0.908. The van der Waals surface area contributed by atoms with E-state index in [1.54, 1.807) is 6.21 Å². The first-order valence-corrected chi connectivity index (χ1v) is 5.87. The Morgan fingerprint density at radius 1 is 1.11 bits per heavy atom. The number of benzene rings is 2. The van der Waals surface area contributed by atoms with Crippen molar-refractivity contribution < 1.29 is 9.59 Å². The Morgan fingerprint density at radius 2 is 1.89 bits per heavy atom. The monoisotopic (exact) mass is 253 g/mol. The van der Waals surface area contributed by atoms with Gasteiger partial charge in [0.2, 0.25) is 5.91 Å². The van der Waals surface area contributed by atoms with Gasteiger partial charge in [0.05, 0.1) is 6.21 Å². The molecule has 1 aliphatic rings. The van der Waals surface area contributed by atoms with Gasteiger partial charge in [-0.15, -0.1) is 0 Å². The number of nitrogens with one attached hydrogen (secondary N) is 1. The van der Waals surface area contributed by atoms with Crippen LogP contribution in [0.25, 0.3) is 10.8 Å². The summed E-state index contributed by atoms with van der Waals surface area (Å²) in [4.78, 5) is 22.4. The number of nitrogens with zero attached hydrogens (tertiary/aromatic N) is 2. The maximum atomic E-state index is 11.3. The molecule has 1 saturated heterocycles. The molecule has 0 spiro atoms. The molecule has 0 unspecified atom stereocenters. The highest BCUT2D eigenvalue weighted by Gasteiger charge is 2.25. The van der Waals surface area contributed by atoms with E-state index in [0.717, 1.165) is 21.3 Å². The van der Waals surface area contributed by atoms with Crippen LogP contribution < -0.4 is 5.32 Å². The van der Waals surface area contributed by atoms with E-state index in [-0.39, 0.29) is 12.5 Å². The molecule has 5 heteroatoms. The number of carbonyl (C=O) groups is 2. The first kappa shape index (κ1) is 11.4. The van der Waals surface area contributed by atoms with Gasteiger partial charge in [0.1, 0.15) is 6.54 Å². The number of amides is 3. The number of hydrogen-bond donors (Lipinski definition) is 1. The molecule has 2 aromatic rings. The molecular formula is C14H11N3O2. The lowest BCUT2D eigenvalue weighted by molar-refractivity contribution is -0.118. The van der Waals surface area contributed by atoms with Crippen LogP contribution in [0, 0.1) is 0 Å². The third-order valence-electron chi connectivity index (χ3n) is 2.93. The molecule has 0 bridgehead atoms. The lowest BCUT2D eigenvalue weighted by Gasteiger charge is -2.05. The zero-order valence-electron chi connectivity index (χ0n) is 10.0. The van der Waals surface area contributed by atoms with Gasteiger partial charge in [-0.1, -0.05) is 42.5 Å². The molecule has 94 valence electrons. The number of hydrazone groups is 1. The molecule has 0 saturated carbocycles. The van der Waals surface area contributed by atoms with Crippen molar-refractivity contribution in [1.82, 2.24) is 10.3 Å². The highest BCUT2D eigenvalue weighted by Crippen LogP contribution is 2.17. The number of fused-ring (bicyclic) bond motifs is 1. The van der Waals surface area contributed by atoms with Crippen LogP contribution in [0.1, 0.15) is 5.56 Å². The molecule has 0 aromatic heterocycles. The molecule has 0 atom stereocenters.